The van der Waals surface area contributed by atoms with Crippen molar-refractivity contribution < 1.29 is 4.74 Å². The molecule has 1 aliphatic carbocycles. The maximum atomic E-state index is 5.99. The smallest absolute Gasteiger partial charge is 0.0594 e. The van der Waals surface area contributed by atoms with Crippen LogP contribution >= 0.6 is 12.4 Å². The highest BCUT2D eigenvalue weighted by Crippen LogP contribution is 2.32. The molecule has 0 radical (unpaired) electrons. The predicted molar refractivity (Wildman–Crippen MR) is 50.7 cm³/mol. The van der Waals surface area contributed by atoms with Crippen LogP contribution in [-0.4, -0.2) is 43.3 Å². The minimum atomic E-state index is 0. The molecular weight excluding hydrogens is 176 g/mol. The molecule has 1 saturated heterocycles. The maximum absolute atomic E-state index is 5.99. The quantitative estimate of drug-likeness (QED) is 0.681. The fourth-order valence-electron chi connectivity index (χ4n) is 1.52. The standard InChI is InChI=1S/C8H16N2O.ClH/c9-8(1-2-8)7-10-3-5-11-6-4-10;/h1-7,9H2;1H. The van der Waals surface area contributed by atoms with Gasteiger partial charge in [-0.25, -0.2) is 0 Å². The third-order valence-corrected chi connectivity index (χ3v) is 2.53. The molecule has 2 aliphatic rings. The summed E-state index contributed by atoms with van der Waals surface area (Å²) in [5.74, 6) is 0. The number of nitrogens with zero attached hydrogens (tertiary/aromatic N) is 1. The molecule has 2 fully saturated rings. The van der Waals surface area contributed by atoms with Gasteiger partial charge in [0.1, 0.15) is 0 Å². The highest BCUT2D eigenvalue weighted by molar-refractivity contribution is 5.85. The van der Waals surface area contributed by atoms with Gasteiger partial charge in [0.2, 0.25) is 0 Å². The SMILES string of the molecule is Cl.NC1(CN2CCOCC2)CC1. The van der Waals surface area contributed by atoms with E-state index in [9.17, 15) is 0 Å². The van der Waals surface area contributed by atoms with E-state index < -0.39 is 0 Å². The molecule has 3 nitrogen and oxygen atoms in total. The second kappa shape index (κ2) is 3.92. The van der Waals surface area contributed by atoms with Crippen molar-refractivity contribution >= 4 is 12.4 Å². The Morgan fingerprint density at radius 3 is 2.33 bits per heavy atom. The van der Waals surface area contributed by atoms with Gasteiger partial charge in [-0.3, -0.25) is 4.90 Å². The summed E-state index contributed by atoms with van der Waals surface area (Å²) in [6.45, 7) is 4.99. The Balaban J connectivity index is 0.000000720. The van der Waals surface area contributed by atoms with E-state index in [0.717, 1.165) is 32.8 Å². The average molecular weight is 193 g/mol. The fourth-order valence-corrected chi connectivity index (χ4v) is 1.52. The van der Waals surface area contributed by atoms with Gasteiger partial charge in [-0.05, 0) is 12.8 Å². The van der Waals surface area contributed by atoms with Gasteiger partial charge in [-0.1, -0.05) is 0 Å². The second-order valence-electron chi connectivity index (χ2n) is 3.75. The third kappa shape index (κ3) is 2.59. The summed E-state index contributed by atoms with van der Waals surface area (Å²) >= 11 is 0. The van der Waals surface area contributed by atoms with Gasteiger partial charge in [0, 0.05) is 25.2 Å². The normalized spacial score (nSPS) is 27.8. The van der Waals surface area contributed by atoms with Crippen LogP contribution in [0.5, 0.6) is 0 Å². The zero-order valence-electron chi connectivity index (χ0n) is 7.29. The van der Waals surface area contributed by atoms with Crippen LogP contribution < -0.4 is 5.73 Å². The Labute approximate surface area is 79.6 Å². The molecule has 72 valence electrons. The lowest BCUT2D eigenvalue weighted by atomic mass is 10.2. The van der Waals surface area contributed by atoms with Crippen molar-refractivity contribution in [2.45, 2.75) is 18.4 Å². The zero-order valence-corrected chi connectivity index (χ0v) is 8.11. The number of halogens is 1. The summed E-state index contributed by atoms with van der Waals surface area (Å²) in [5.41, 5.74) is 6.17. The molecule has 0 unspecified atom stereocenters. The van der Waals surface area contributed by atoms with Crippen LogP contribution in [0.3, 0.4) is 0 Å². The second-order valence-corrected chi connectivity index (χ2v) is 3.75. The topological polar surface area (TPSA) is 38.5 Å². The summed E-state index contributed by atoms with van der Waals surface area (Å²) in [7, 11) is 0. The van der Waals surface area contributed by atoms with Crippen LogP contribution in [0, 0.1) is 0 Å². The summed E-state index contributed by atoms with van der Waals surface area (Å²) in [6, 6.07) is 0. The molecule has 1 aliphatic heterocycles. The van der Waals surface area contributed by atoms with Crippen LogP contribution in [0.25, 0.3) is 0 Å². The van der Waals surface area contributed by atoms with Crippen LogP contribution in [0.4, 0.5) is 0 Å². The van der Waals surface area contributed by atoms with E-state index in [2.05, 4.69) is 4.90 Å². The molecule has 0 aromatic rings. The number of hydrogen-bond acceptors (Lipinski definition) is 3. The molecule has 2 rings (SSSR count). The van der Waals surface area contributed by atoms with Crippen molar-refractivity contribution in [1.82, 2.24) is 4.90 Å². The van der Waals surface area contributed by atoms with Crippen molar-refractivity contribution in [2.75, 3.05) is 32.8 Å². The Hall–Kier alpha value is 0.170. The zero-order chi connectivity index (χ0) is 7.73. The molecule has 0 bridgehead atoms. The van der Waals surface area contributed by atoms with E-state index in [1.807, 2.05) is 0 Å². The van der Waals surface area contributed by atoms with Crippen molar-refractivity contribution in [3.63, 3.8) is 0 Å². The summed E-state index contributed by atoms with van der Waals surface area (Å²) < 4.78 is 5.25. The molecular formula is C8H17ClN2O. The van der Waals surface area contributed by atoms with E-state index in [1.165, 1.54) is 12.8 Å². The van der Waals surface area contributed by atoms with Gasteiger partial charge in [0.15, 0.2) is 0 Å². The Morgan fingerprint density at radius 2 is 1.83 bits per heavy atom. The molecule has 12 heavy (non-hydrogen) atoms. The van der Waals surface area contributed by atoms with E-state index in [4.69, 9.17) is 10.5 Å². The minimum Gasteiger partial charge on any atom is -0.379 e. The van der Waals surface area contributed by atoms with Gasteiger partial charge in [0.25, 0.3) is 0 Å². The number of nitrogens with two attached hydrogens (primary N) is 1. The van der Waals surface area contributed by atoms with Crippen LogP contribution in [0.2, 0.25) is 0 Å². The third-order valence-electron chi connectivity index (χ3n) is 2.53. The first-order chi connectivity index (χ1) is 5.29. The first kappa shape index (κ1) is 10.3. The molecule has 0 atom stereocenters. The van der Waals surface area contributed by atoms with Crippen molar-refractivity contribution in [2.24, 2.45) is 5.73 Å². The highest BCUT2D eigenvalue weighted by atomic mass is 35.5. The monoisotopic (exact) mass is 192 g/mol. The number of hydrogen-bond donors (Lipinski definition) is 1. The lowest BCUT2D eigenvalue weighted by molar-refractivity contribution is 0.0340. The molecule has 4 heteroatoms. The number of morpholine rings is 1. The van der Waals surface area contributed by atoms with Crippen molar-refractivity contribution in [1.29, 1.82) is 0 Å². The van der Waals surface area contributed by atoms with Gasteiger partial charge in [0.05, 0.1) is 13.2 Å². The number of ether oxygens (including phenoxy) is 1. The minimum absolute atomic E-state index is 0. The van der Waals surface area contributed by atoms with Gasteiger partial charge >= 0.3 is 0 Å². The average Bonchev–Trinajstić information content (AvgIpc) is 2.70. The lowest BCUT2D eigenvalue weighted by Gasteiger charge is -2.28. The maximum Gasteiger partial charge on any atom is 0.0594 e. The summed E-state index contributed by atoms with van der Waals surface area (Å²) in [4.78, 5) is 2.41. The Kier molecular flexibility index (Phi) is 3.35. The fraction of sp³-hybridized carbons (Fsp3) is 1.00. The predicted octanol–water partition coefficient (Wildman–Crippen LogP) is 0.232. The first-order valence-corrected chi connectivity index (χ1v) is 4.38. The van der Waals surface area contributed by atoms with E-state index in [1.54, 1.807) is 0 Å². The first-order valence-electron chi connectivity index (χ1n) is 4.38. The molecule has 0 spiro atoms. The highest BCUT2D eigenvalue weighted by Gasteiger charge is 2.39. The van der Waals surface area contributed by atoms with Gasteiger partial charge in [-0.15, -0.1) is 12.4 Å². The van der Waals surface area contributed by atoms with Crippen molar-refractivity contribution in [3.8, 4) is 0 Å². The van der Waals surface area contributed by atoms with E-state index >= 15 is 0 Å². The largest absolute Gasteiger partial charge is 0.379 e. The molecule has 1 saturated carbocycles. The molecule has 2 N–H and O–H groups in total. The van der Waals surface area contributed by atoms with E-state index in [0.29, 0.717) is 0 Å². The molecule has 0 amide bonds. The van der Waals surface area contributed by atoms with Crippen molar-refractivity contribution in [3.05, 3.63) is 0 Å². The van der Waals surface area contributed by atoms with Crippen LogP contribution in [0.15, 0.2) is 0 Å². The summed E-state index contributed by atoms with van der Waals surface area (Å²) in [6.07, 6.45) is 2.43. The summed E-state index contributed by atoms with van der Waals surface area (Å²) in [5, 5.41) is 0. The number of rotatable bonds is 2. The van der Waals surface area contributed by atoms with E-state index in [-0.39, 0.29) is 17.9 Å². The molecule has 1 heterocycles. The molecule has 0 aromatic heterocycles. The Bertz CT molecular complexity index is 144. The lowest BCUT2D eigenvalue weighted by Crippen LogP contribution is -2.44. The van der Waals surface area contributed by atoms with Gasteiger partial charge < -0.3 is 10.5 Å². The van der Waals surface area contributed by atoms with Gasteiger partial charge in [-0.2, -0.15) is 0 Å². The van der Waals surface area contributed by atoms with Crippen LogP contribution in [-0.2, 0) is 4.74 Å². The Morgan fingerprint density at radius 1 is 1.25 bits per heavy atom. The molecule has 0 aromatic carbocycles. The van der Waals surface area contributed by atoms with Crippen LogP contribution in [0.1, 0.15) is 12.8 Å².